The molecule has 0 aliphatic rings. The van der Waals surface area contributed by atoms with Crippen LogP contribution in [0.3, 0.4) is 0 Å². The van der Waals surface area contributed by atoms with Gasteiger partial charge >= 0.3 is 0 Å². The van der Waals surface area contributed by atoms with Crippen LogP contribution in [0.5, 0.6) is 0 Å². The molecule has 1 amide bonds. The lowest BCUT2D eigenvalue weighted by atomic mass is 10.2. The molecule has 0 saturated carbocycles. The van der Waals surface area contributed by atoms with E-state index in [4.69, 9.17) is 5.26 Å². The summed E-state index contributed by atoms with van der Waals surface area (Å²) in [5, 5.41) is 11.6. The maximum atomic E-state index is 13.2. The van der Waals surface area contributed by atoms with Gasteiger partial charge in [0.1, 0.15) is 17.7 Å². The van der Waals surface area contributed by atoms with Crippen molar-refractivity contribution in [2.45, 2.75) is 13.8 Å². The fourth-order valence-electron chi connectivity index (χ4n) is 2.20. The van der Waals surface area contributed by atoms with Gasteiger partial charge in [0.2, 0.25) is 11.7 Å². The van der Waals surface area contributed by atoms with Crippen molar-refractivity contribution in [3.8, 4) is 6.07 Å². The van der Waals surface area contributed by atoms with Crippen molar-refractivity contribution in [1.29, 1.82) is 5.26 Å². The number of carbonyl (C=O) groups excluding carboxylic acids is 1. The Morgan fingerprint density at radius 1 is 1.42 bits per heavy atom. The third-order valence-corrected chi connectivity index (χ3v) is 3.09. The summed E-state index contributed by atoms with van der Waals surface area (Å²) in [6.45, 7) is 4.66. The van der Waals surface area contributed by atoms with Gasteiger partial charge in [-0.05, 0) is 30.2 Å². The third kappa shape index (κ3) is 5.02. The normalized spacial score (nSPS) is 10.3. The van der Waals surface area contributed by atoms with Crippen molar-refractivity contribution >= 4 is 17.4 Å². The molecule has 24 heavy (non-hydrogen) atoms. The topological polar surface area (TPSA) is 81.9 Å². The second kappa shape index (κ2) is 8.02. The van der Waals surface area contributed by atoms with E-state index in [-0.39, 0.29) is 24.2 Å². The molecular weight excluding hydrogens is 309 g/mol. The number of hydrogen-bond acceptors (Lipinski definition) is 5. The Balaban J connectivity index is 2.13. The first-order chi connectivity index (χ1) is 11.5. The lowest BCUT2D eigenvalue weighted by molar-refractivity contribution is -0.115. The van der Waals surface area contributed by atoms with Crippen molar-refractivity contribution < 1.29 is 9.18 Å². The molecule has 124 valence electrons. The SMILES string of the molecule is CC(C)CN(CC(=O)Nc1cccc(F)c1)c1ccnc(C#N)n1. The maximum Gasteiger partial charge on any atom is 0.243 e. The van der Waals surface area contributed by atoms with Gasteiger partial charge < -0.3 is 10.2 Å². The number of amides is 1. The average Bonchev–Trinajstić information content (AvgIpc) is 2.54. The van der Waals surface area contributed by atoms with Gasteiger partial charge in [-0.15, -0.1) is 0 Å². The Morgan fingerprint density at radius 3 is 2.88 bits per heavy atom. The molecule has 0 aliphatic heterocycles. The van der Waals surface area contributed by atoms with E-state index in [1.165, 1.54) is 24.4 Å². The highest BCUT2D eigenvalue weighted by atomic mass is 19.1. The van der Waals surface area contributed by atoms with Crippen molar-refractivity contribution in [2.75, 3.05) is 23.3 Å². The molecule has 1 aromatic carbocycles. The van der Waals surface area contributed by atoms with Crippen molar-refractivity contribution in [1.82, 2.24) is 9.97 Å². The number of anilines is 2. The Labute approximate surface area is 140 Å². The molecule has 0 unspecified atom stereocenters. The zero-order valence-electron chi connectivity index (χ0n) is 13.5. The molecule has 2 aromatic rings. The summed E-state index contributed by atoms with van der Waals surface area (Å²) in [7, 11) is 0. The standard InChI is InChI=1S/C17H18FN5O/c1-12(2)10-23(16-6-7-20-15(9-19)22-16)11-17(24)21-14-5-3-4-13(18)8-14/h3-8,12H,10-11H2,1-2H3,(H,21,24). The second-order valence-corrected chi connectivity index (χ2v) is 5.68. The number of rotatable bonds is 6. The number of benzene rings is 1. The van der Waals surface area contributed by atoms with E-state index >= 15 is 0 Å². The third-order valence-electron chi connectivity index (χ3n) is 3.09. The van der Waals surface area contributed by atoms with Crippen LogP contribution >= 0.6 is 0 Å². The van der Waals surface area contributed by atoms with E-state index in [0.717, 1.165) is 0 Å². The van der Waals surface area contributed by atoms with Crippen LogP contribution in [0, 0.1) is 23.1 Å². The largest absolute Gasteiger partial charge is 0.347 e. The molecule has 7 heteroatoms. The van der Waals surface area contributed by atoms with Crippen molar-refractivity contribution in [3.05, 3.63) is 48.2 Å². The van der Waals surface area contributed by atoms with E-state index in [2.05, 4.69) is 15.3 Å². The van der Waals surface area contributed by atoms with Crippen LogP contribution in [0.25, 0.3) is 0 Å². The minimum Gasteiger partial charge on any atom is -0.347 e. The van der Waals surface area contributed by atoms with Gasteiger partial charge in [-0.1, -0.05) is 19.9 Å². The smallest absolute Gasteiger partial charge is 0.243 e. The van der Waals surface area contributed by atoms with Gasteiger partial charge in [-0.2, -0.15) is 5.26 Å². The van der Waals surface area contributed by atoms with E-state index in [1.54, 1.807) is 17.0 Å². The Bertz CT molecular complexity index is 757. The van der Waals surface area contributed by atoms with Crippen LogP contribution in [-0.2, 0) is 4.79 Å². The van der Waals surface area contributed by atoms with E-state index in [9.17, 15) is 9.18 Å². The average molecular weight is 327 g/mol. The van der Waals surface area contributed by atoms with Gasteiger partial charge in [0.15, 0.2) is 0 Å². The molecule has 2 rings (SSSR count). The molecule has 1 N–H and O–H groups in total. The van der Waals surface area contributed by atoms with Crippen LogP contribution < -0.4 is 10.2 Å². The summed E-state index contributed by atoms with van der Waals surface area (Å²) in [6, 6.07) is 9.24. The molecule has 0 bridgehead atoms. The Kier molecular flexibility index (Phi) is 5.79. The molecular formula is C17H18FN5O. The number of aromatic nitrogens is 2. The number of hydrogen-bond donors (Lipinski definition) is 1. The predicted octanol–water partition coefficient (Wildman–Crippen LogP) is 2.59. The first-order valence-corrected chi connectivity index (χ1v) is 7.51. The highest BCUT2D eigenvalue weighted by Crippen LogP contribution is 2.14. The molecule has 1 heterocycles. The van der Waals surface area contributed by atoms with Crippen LogP contribution in [-0.4, -0.2) is 29.0 Å². The molecule has 0 fully saturated rings. The fraction of sp³-hybridized carbons (Fsp3) is 0.294. The first kappa shape index (κ1) is 17.3. The lowest BCUT2D eigenvalue weighted by Crippen LogP contribution is -2.36. The van der Waals surface area contributed by atoms with Gasteiger partial charge in [0.05, 0.1) is 6.54 Å². The lowest BCUT2D eigenvalue weighted by Gasteiger charge is -2.25. The summed E-state index contributed by atoms with van der Waals surface area (Å²) in [5.74, 6) is 0.128. The van der Waals surface area contributed by atoms with E-state index < -0.39 is 5.82 Å². The van der Waals surface area contributed by atoms with E-state index in [0.29, 0.717) is 18.1 Å². The summed E-state index contributed by atoms with van der Waals surface area (Å²) in [5.41, 5.74) is 0.393. The van der Waals surface area contributed by atoms with Gasteiger partial charge in [-0.25, -0.2) is 14.4 Å². The highest BCUT2D eigenvalue weighted by Gasteiger charge is 2.15. The van der Waals surface area contributed by atoms with Crippen LogP contribution in [0.15, 0.2) is 36.5 Å². The summed E-state index contributed by atoms with van der Waals surface area (Å²) < 4.78 is 13.2. The molecule has 0 atom stereocenters. The van der Waals surface area contributed by atoms with Crippen molar-refractivity contribution in [3.63, 3.8) is 0 Å². The zero-order chi connectivity index (χ0) is 17.5. The minimum absolute atomic E-state index is 0.0383. The number of nitrogens with zero attached hydrogens (tertiary/aromatic N) is 4. The number of carbonyl (C=O) groups is 1. The number of nitrogens with one attached hydrogen (secondary N) is 1. The first-order valence-electron chi connectivity index (χ1n) is 7.51. The molecule has 1 aromatic heterocycles. The predicted molar refractivity (Wildman–Crippen MR) is 88.8 cm³/mol. The molecule has 0 radical (unpaired) electrons. The maximum absolute atomic E-state index is 13.2. The molecule has 0 saturated heterocycles. The van der Waals surface area contributed by atoms with Crippen LogP contribution in [0.2, 0.25) is 0 Å². The molecule has 0 spiro atoms. The van der Waals surface area contributed by atoms with Gasteiger partial charge in [0.25, 0.3) is 0 Å². The second-order valence-electron chi connectivity index (χ2n) is 5.68. The van der Waals surface area contributed by atoms with Gasteiger partial charge in [0, 0.05) is 18.4 Å². The highest BCUT2D eigenvalue weighted by molar-refractivity contribution is 5.93. The number of nitriles is 1. The van der Waals surface area contributed by atoms with E-state index in [1.807, 2.05) is 19.9 Å². The Morgan fingerprint density at radius 2 is 2.21 bits per heavy atom. The summed E-state index contributed by atoms with van der Waals surface area (Å²) in [6.07, 6.45) is 1.48. The summed E-state index contributed by atoms with van der Waals surface area (Å²) >= 11 is 0. The quantitative estimate of drug-likeness (QED) is 0.882. The molecule has 0 aliphatic carbocycles. The monoisotopic (exact) mass is 327 g/mol. The van der Waals surface area contributed by atoms with Crippen molar-refractivity contribution in [2.24, 2.45) is 5.92 Å². The van der Waals surface area contributed by atoms with Crippen LogP contribution in [0.4, 0.5) is 15.9 Å². The minimum atomic E-state index is -0.415. The molecule has 6 nitrogen and oxygen atoms in total. The van der Waals surface area contributed by atoms with Crippen LogP contribution in [0.1, 0.15) is 19.7 Å². The Hall–Kier alpha value is -3.01. The van der Waals surface area contributed by atoms with Gasteiger partial charge in [-0.3, -0.25) is 4.79 Å². The summed E-state index contributed by atoms with van der Waals surface area (Å²) in [4.78, 5) is 22.0. The zero-order valence-corrected chi connectivity index (χ0v) is 13.5. The number of halogens is 1. The fourth-order valence-corrected chi connectivity index (χ4v) is 2.20.